The molecule has 2 aromatic rings. The summed E-state index contributed by atoms with van der Waals surface area (Å²) in [5, 5.41) is 2.62. The number of Topliss-reactive ketones (excluding diaryl/α,β-unsaturated/α-hetero) is 2. The molecule has 2 nitrogen and oxygen atoms in total. The summed E-state index contributed by atoms with van der Waals surface area (Å²) >= 11 is 0. The van der Waals surface area contributed by atoms with Crippen molar-refractivity contribution in [2.45, 2.75) is 74.7 Å². The van der Waals surface area contributed by atoms with E-state index in [0.29, 0.717) is 6.42 Å². The molecular weight excluding hydrogens is 308 g/mol. The van der Waals surface area contributed by atoms with E-state index < -0.39 is 0 Å². The Labute approximate surface area is 155 Å². The zero-order valence-corrected chi connectivity index (χ0v) is 17.6. The molecule has 142 valence electrons. The average Bonchev–Trinajstić information content (AvgIpc) is 2.66. The van der Waals surface area contributed by atoms with Gasteiger partial charge in [0.1, 0.15) is 11.6 Å². The van der Waals surface area contributed by atoms with E-state index >= 15 is 0 Å². The predicted octanol–water partition coefficient (Wildman–Crippen LogP) is 7.25. The first kappa shape index (κ1) is 27.9. The zero-order valence-electron chi connectivity index (χ0n) is 17.6. The maximum Gasteiger partial charge on any atom is 0.129 e. The minimum absolute atomic E-state index is 0.255. The van der Waals surface area contributed by atoms with Gasteiger partial charge in [0.25, 0.3) is 0 Å². The zero-order chi connectivity index (χ0) is 20.1. The fourth-order valence-electron chi connectivity index (χ4n) is 1.48. The van der Waals surface area contributed by atoms with Crippen LogP contribution in [0, 0.1) is 0 Å². The largest absolute Gasteiger partial charge is 0.300 e. The van der Waals surface area contributed by atoms with Gasteiger partial charge in [-0.3, -0.25) is 0 Å². The summed E-state index contributed by atoms with van der Waals surface area (Å²) in [6.45, 7) is 15.0. The molecule has 0 spiro atoms. The molecule has 0 fully saturated rings. The number of benzene rings is 2. The Bertz CT molecular complexity index is 479. The summed E-state index contributed by atoms with van der Waals surface area (Å²) in [5.41, 5.74) is 0. The van der Waals surface area contributed by atoms with Crippen molar-refractivity contribution in [2.75, 3.05) is 0 Å². The first-order valence-electron chi connectivity index (χ1n) is 9.43. The van der Waals surface area contributed by atoms with Crippen molar-refractivity contribution >= 4 is 22.3 Å². The molecule has 0 saturated carbocycles. The molecule has 25 heavy (non-hydrogen) atoms. The van der Waals surface area contributed by atoms with Crippen molar-refractivity contribution in [3.05, 3.63) is 48.5 Å². The Kier molecular flexibility index (Phi) is 24.6. The van der Waals surface area contributed by atoms with Crippen LogP contribution >= 0.6 is 0 Å². The lowest BCUT2D eigenvalue weighted by molar-refractivity contribution is -0.117. The van der Waals surface area contributed by atoms with Gasteiger partial charge in [-0.15, -0.1) is 0 Å². The second-order valence-electron chi connectivity index (χ2n) is 4.85. The number of carbonyl (C=O) groups excluding carboxylic acids is 2. The Morgan fingerprint density at radius 3 is 1.08 bits per heavy atom. The van der Waals surface area contributed by atoms with Gasteiger partial charge in [-0.25, -0.2) is 0 Å². The first-order valence-corrected chi connectivity index (χ1v) is 9.43. The van der Waals surface area contributed by atoms with E-state index in [1.54, 1.807) is 13.8 Å². The van der Waals surface area contributed by atoms with Crippen LogP contribution in [0.15, 0.2) is 48.5 Å². The molecule has 0 atom stereocenters. The number of rotatable bonds is 3. The Balaban J connectivity index is -0.000000282. The molecule has 0 amide bonds. The monoisotopic (exact) mass is 346 g/mol. The molecule has 0 aliphatic carbocycles. The number of carbonyl (C=O) groups is 2. The SMILES string of the molecule is CC.CC.CCC(C)=O.CCCC(C)=O.c1ccc2ccccc2c1. The number of fused-ring (bicyclic) bond motifs is 1. The number of ketones is 2. The molecule has 0 unspecified atom stereocenters. The van der Waals surface area contributed by atoms with E-state index in [1.165, 1.54) is 10.8 Å². The highest BCUT2D eigenvalue weighted by Gasteiger charge is 1.85. The van der Waals surface area contributed by atoms with Crippen molar-refractivity contribution in [3.8, 4) is 0 Å². The maximum absolute atomic E-state index is 10.0. The van der Waals surface area contributed by atoms with Crippen LogP contribution in [-0.4, -0.2) is 11.6 Å². The molecule has 0 aromatic heterocycles. The molecule has 0 N–H and O–H groups in total. The number of hydrogen-bond acceptors (Lipinski definition) is 2. The highest BCUT2D eigenvalue weighted by Crippen LogP contribution is 2.11. The molecular formula is C23H38O2. The smallest absolute Gasteiger partial charge is 0.129 e. The third-order valence-electron chi connectivity index (χ3n) is 2.76. The van der Waals surface area contributed by atoms with Gasteiger partial charge in [0.05, 0.1) is 0 Å². The van der Waals surface area contributed by atoms with Crippen LogP contribution in [-0.2, 0) is 9.59 Å². The van der Waals surface area contributed by atoms with Gasteiger partial charge in [0.15, 0.2) is 0 Å². The molecule has 0 saturated heterocycles. The summed E-state index contributed by atoms with van der Waals surface area (Å²) in [7, 11) is 0. The minimum Gasteiger partial charge on any atom is -0.300 e. The molecule has 0 aliphatic heterocycles. The Morgan fingerprint density at radius 1 is 0.680 bits per heavy atom. The Hall–Kier alpha value is -1.96. The van der Waals surface area contributed by atoms with Crippen LogP contribution < -0.4 is 0 Å². The summed E-state index contributed by atoms with van der Waals surface area (Å²) in [5.74, 6) is 0.544. The van der Waals surface area contributed by atoms with Crippen LogP contribution in [0.4, 0.5) is 0 Å². The summed E-state index contributed by atoms with van der Waals surface area (Å²) in [6, 6.07) is 16.7. The maximum atomic E-state index is 10.0. The van der Waals surface area contributed by atoms with Crippen molar-refractivity contribution in [2.24, 2.45) is 0 Å². The van der Waals surface area contributed by atoms with Gasteiger partial charge in [-0.1, -0.05) is 90.1 Å². The van der Waals surface area contributed by atoms with E-state index in [2.05, 4.69) is 48.5 Å². The van der Waals surface area contributed by atoms with Crippen LogP contribution in [0.1, 0.15) is 74.7 Å². The van der Waals surface area contributed by atoms with E-state index in [0.717, 1.165) is 12.8 Å². The molecule has 2 heteroatoms. The van der Waals surface area contributed by atoms with E-state index in [4.69, 9.17) is 0 Å². The number of hydrogen-bond donors (Lipinski definition) is 0. The molecule has 0 aliphatic rings. The summed E-state index contributed by atoms with van der Waals surface area (Å²) in [4.78, 5) is 19.9. The fourth-order valence-corrected chi connectivity index (χ4v) is 1.48. The predicted molar refractivity (Wildman–Crippen MR) is 113 cm³/mol. The topological polar surface area (TPSA) is 34.1 Å². The van der Waals surface area contributed by atoms with Crippen molar-refractivity contribution < 1.29 is 9.59 Å². The van der Waals surface area contributed by atoms with Crippen LogP contribution in [0.2, 0.25) is 0 Å². The molecule has 0 heterocycles. The second-order valence-corrected chi connectivity index (χ2v) is 4.85. The van der Waals surface area contributed by atoms with Gasteiger partial charge in [0, 0.05) is 12.8 Å². The van der Waals surface area contributed by atoms with Crippen molar-refractivity contribution in [3.63, 3.8) is 0 Å². The average molecular weight is 347 g/mol. The second kappa shape index (κ2) is 22.0. The van der Waals surface area contributed by atoms with Gasteiger partial charge in [-0.05, 0) is 31.0 Å². The van der Waals surface area contributed by atoms with Crippen molar-refractivity contribution in [1.29, 1.82) is 0 Å². The lowest BCUT2D eigenvalue weighted by Gasteiger charge is -1.92. The van der Waals surface area contributed by atoms with E-state index in [1.807, 2.05) is 41.5 Å². The minimum atomic E-state index is 0.255. The Morgan fingerprint density at radius 2 is 0.960 bits per heavy atom. The molecule has 0 radical (unpaired) electrons. The van der Waals surface area contributed by atoms with Gasteiger partial charge >= 0.3 is 0 Å². The molecule has 2 aromatic carbocycles. The van der Waals surface area contributed by atoms with Crippen molar-refractivity contribution in [1.82, 2.24) is 0 Å². The third-order valence-corrected chi connectivity index (χ3v) is 2.76. The summed E-state index contributed by atoms with van der Waals surface area (Å²) < 4.78 is 0. The van der Waals surface area contributed by atoms with Crippen LogP contribution in [0.5, 0.6) is 0 Å². The first-order chi connectivity index (χ1) is 12.0. The normalized spacial score (nSPS) is 8.00. The third kappa shape index (κ3) is 20.0. The van der Waals surface area contributed by atoms with E-state index in [-0.39, 0.29) is 11.6 Å². The fraction of sp³-hybridized carbons (Fsp3) is 0.478. The molecule has 0 bridgehead atoms. The highest BCUT2D eigenvalue weighted by molar-refractivity contribution is 5.82. The molecule has 2 rings (SSSR count). The highest BCUT2D eigenvalue weighted by atomic mass is 16.1. The van der Waals surface area contributed by atoms with Gasteiger partial charge in [0.2, 0.25) is 0 Å². The van der Waals surface area contributed by atoms with Gasteiger partial charge < -0.3 is 9.59 Å². The van der Waals surface area contributed by atoms with Crippen LogP contribution in [0.3, 0.4) is 0 Å². The lowest BCUT2D eigenvalue weighted by Crippen LogP contribution is -1.84. The standard InChI is InChI=1S/C10H8.C5H10O.C4H8O.2C2H6/c1-2-6-10-8-4-3-7-9(10)5-1;1-3-4-5(2)6;1-3-4(2)5;2*1-2/h1-8H;3-4H2,1-2H3;3H2,1-2H3;2*1-2H3. The van der Waals surface area contributed by atoms with E-state index in [9.17, 15) is 9.59 Å². The lowest BCUT2D eigenvalue weighted by atomic mass is 10.1. The summed E-state index contributed by atoms with van der Waals surface area (Å²) in [6.07, 6.45) is 2.38. The van der Waals surface area contributed by atoms with Crippen LogP contribution in [0.25, 0.3) is 10.8 Å². The van der Waals surface area contributed by atoms with Gasteiger partial charge in [-0.2, -0.15) is 0 Å². The quantitative estimate of drug-likeness (QED) is 0.586.